The van der Waals surface area contributed by atoms with Crippen LogP contribution in [0.5, 0.6) is 5.75 Å². The zero-order chi connectivity index (χ0) is 20.6. The van der Waals surface area contributed by atoms with Crippen LogP contribution in [0.1, 0.15) is 30.9 Å². The summed E-state index contributed by atoms with van der Waals surface area (Å²) in [7, 11) is 1.81. The van der Waals surface area contributed by atoms with E-state index in [1.165, 1.54) is 11.1 Å². The molecule has 0 radical (unpaired) electrons. The highest BCUT2D eigenvalue weighted by Gasteiger charge is 2.21. The standard InChI is InChI=1S/C23H33N5O/c1-17-6-5-7-21(14-17)29-19(3)16-26-23(24-4)27-20-10-12-28(13-11-20)22-9-8-18(2)15-25-22/h5-9,14-15,19-20H,10-13,16H2,1-4H3,(H2,24,26,27). The van der Waals surface area contributed by atoms with Crippen molar-refractivity contribution in [2.24, 2.45) is 4.99 Å². The third-order valence-electron chi connectivity index (χ3n) is 5.16. The normalized spacial score (nSPS) is 16.4. The van der Waals surface area contributed by atoms with Gasteiger partial charge in [-0.05, 0) is 62.9 Å². The lowest BCUT2D eigenvalue weighted by atomic mass is 10.1. The van der Waals surface area contributed by atoms with Crippen LogP contribution in [0.25, 0.3) is 0 Å². The average Bonchev–Trinajstić information content (AvgIpc) is 2.72. The first-order valence-electron chi connectivity index (χ1n) is 10.4. The highest BCUT2D eigenvalue weighted by atomic mass is 16.5. The smallest absolute Gasteiger partial charge is 0.191 e. The second-order valence-electron chi connectivity index (χ2n) is 7.80. The van der Waals surface area contributed by atoms with Gasteiger partial charge in [-0.3, -0.25) is 4.99 Å². The van der Waals surface area contributed by atoms with Crippen LogP contribution >= 0.6 is 0 Å². The summed E-state index contributed by atoms with van der Waals surface area (Å²) in [5.41, 5.74) is 2.40. The molecular formula is C23H33N5O. The molecule has 6 heteroatoms. The summed E-state index contributed by atoms with van der Waals surface area (Å²) < 4.78 is 5.99. The van der Waals surface area contributed by atoms with Gasteiger partial charge < -0.3 is 20.3 Å². The van der Waals surface area contributed by atoms with Gasteiger partial charge in [-0.1, -0.05) is 18.2 Å². The van der Waals surface area contributed by atoms with Crippen molar-refractivity contribution in [2.75, 3.05) is 31.6 Å². The number of aromatic nitrogens is 1. The second kappa shape index (κ2) is 10.1. The second-order valence-corrected chi connectivity index (χ2v) is 7.80. The molecule has 1 fully saturated rings. The van der Waals surface area contributed by atoms with E-state index in [9.17, 15) is 0 Å². The Morgan fingerprint density at radius 1 is 1.21 bits per heavy atom. The molecule has 0 spiro atoms. The van der Waals surface area contributed by atoms with Gasteiger partial charge in [-0.2, -0.15) is 0 Å². The lowest BCUT2D eigenvalue weighted by Crippen LogP contribution is -2.50. The summed E-state index contributed by atoms with van der Waals surface area (Å²) in [6.45, 7) is 8.89. The van der Waals surface area contributed by atoms with Gasteiger partial charge in [0.1, 0.15) is 17.7 Å². The van der Waals surface area contributed by atoms with Crippen LogP contribution in [0.3, 0.4) is 0 Å². The van der Waals surface area contributed by atoms with Gasteiger partial charge in [0, 0.05) is 32.4 Å². The van der Waals surface area contributed by atoms with Crippen molar-refractivity contribution in [1.82, 2.24) is 15.6 Å². The minimum absolute atomic E-state index is 0.0461. The van der Waals surface area contributed by atoms with E-state index in [0.717, 1.165) is 43.5 Å². The molecule has 2 N–H and O–H groups in total. The molecule has 1 saturated heterocycles. The van der Waals surface area contributed by atoms with Gasteiger partial charge >= 0.3 is 0 Å². The fraction of sp³-hybridized carbons (Fsp3) is 0.478. The number of piperidine rings is 1. The molecule has 1 atom stereocenters. The largest absolute Gasteiger partial charge is 0.489 e. The maximum atomic E-state index is 5.99. The van der Waals surface area contributed by atoms with Gasteiger partial charge in [0.25, 0.3) is 0 Å². The number of rotatable bonds is 6. The predicted molar refractivity (Wildman–Crippen MR) is 120 cm³/mol. The third kappa shape index (κ3) is 6.38. The third-order valence-corrected chi connectivity index (χ3v) is 5.16. The van der Waals surface area contributed by atoms with Gasteiger partial charge in [-0.15, -0.1) is 0 Å². The lowest BCUT2D eigenvalue weighted by Gasteiger charge is -2.34. The first-order valence-corrected chi connectivity index (χ1v) is 10.4. The molecule has 2 aromatic rings. The van der Waals surface area contributed by atoms with Crippen LogP contribution in [0.4, 0.5) is 5.82 Å². The van der Waals surface area contributed by atoms with E-state index in [4.69, 9.17) is 4.74 Å². The molecule has 0 bridgehead atoms. The maximum absolute atomic E-state index is 5.99. The number of guanidine groups is 1. The molecule has 0 aliphatic carbocycles. The molecule has 1 aliphatic rings. The number of nitrogens with one attached hydrogen (secondary N) is 2. The van der Waals surface area contributed by atoms with Crippen LogP contribution in [0.15, 0.2) is 47.6 Å². The summed E-state index contributed by atoms with van der Waals surface area (Å²) in [5.74, 6) is 2.80. The molecule has 1 aromatic carbocycles. The molecular weight excluding hydrogens is 362 g/mol. The van der Waals surface area contributed by atoms with Crippen LogP contribution in [-0.2, 0) is 0 Å². The summed E-state index contributed by atoms with van der Waals surface area (Å²) >= 11 is 0. The number of aliphatic imine (C=N–C) groups is 1. The van der Waals surface area contributed by atoms with Crippen molar-refractivity contribution in [3.63, 3.8) is 0 Å². The summed E-state index contributed by atoms with van der Waals surface area (Å²) in [6, 6.07) is 12.8. The first-order chi connectivity index (χ1) is 14.0. The summed E-state index contributed by atoms with van der Waals surface area (Å²) in [6.07, 6.45) is 4.10. The molecule has 6 nitrogen and oxygen atoms in total. The molecule has 1 aliphatic heterocycles. The van der Waals surface area contributed by atoms with Crippen molar-refractivity contribution in [3.8, 4) is 5.75 Å². The average molecular weight is 396 g/mol. The summed E-state index contributed by atoms with van der Waals surface area (Å²) in [4.78, 5) is 11.3. The fourth-order valence-electron chi connectivity index (χ4n) is 3.49. The highest BCUT2D eigenvalue weighted by Crippen LogP contribution is 2.18. The van der Waals surface area contributed by atoms with E-state index in [0.29, 0.717) is 12.6 Å². The SMILES string of the molecule is CN=C(NCC(C)Oc1cccc(C)c1)NC1CCN(c2ccc(C)cn2)CC1. The molecule has 1 unspecified atom stereocenters. The zero-order valence-electron chi connectivity index (χ0n) is 18.0. The first kappa shape index (κ1) is 21.0. The Hall–Kier alpha value is -2.76. The topological polar surface area (TPSA) is 61.8 Å². The monoisotopic (exact) mass is 395 g/mol. The number of hydrogen-bond acceptors (Lipinski definition) is 4. The van der Waals surface area contributed by atoms with E-state index < -0.39 is 0 Å². The molecule has 0 saturated carbocycles. The van der Waals surface area contributed by atoms with Crippen LogP contribution < -0.4 is 20.3 Å². The van der Waals surface area contributed by atoms with Crippen molar-refractivity contribution >= 4 is 11.8 Å². The minimum Gasteiger partial charge on any atom is -0.489 e. The number of ether oxygens (including phenoxy) is 1. The fourth-order valence-corrected chi connectivity index (χ4v) is 3.49. The van der Waals surface area contributed by atoms with E-state index in [-0.39, 0.29) is 6.10 Å². The Morgan fingerprint density at radius 2 is 2.00 bits per heavy atom. The molecule has 156 valence electrons. The number of hydrogen-bond donors (Lipinski definition) is 2. The lowest BCUT2D eigenvalue weighted by molar-refractivity contribution is 0.223. The van der Waals surface area contributed by atoms with Gasteiger partial charge in [0.05, 0.1) is 6.54 Å². The molecule has 3 rings (SSSR count). The Kier molecular flexibility index (Phi) is 7.33. The van der Waals surface area contributed by atoms with E-state index in [1.54, 1.807) is 0 Å². The Morgan fingerprint density at radius 3 is 2.66 bits per heavy atom. The molecule has 1 aromatic heterocycles. The Labute approximate surface area is 174 Å². The number of pyridine rings is 1. The van der Waals surface area contributed by atoms with E-state index >= 15 is 0 Å². The minimum atomic E-state index is 0.0461. The van der Waals surface area contributed by atoms with Gasteiger partial charge in [-0.25, -0.2) is 4.98 Å². The molecule has 0 amide bonds. The summed E-state index contributed by atoms with van der Waals surface area (Å²) in [5, 5.41) is 6.94. The van der Waals surface area contributed by atoms with Crippen LogP contribution in [0, 0.1) is 13.8 Å². The number of nitrogens with zero attached hydrogens (tertiary/aromatic N) is 3. The van der Waals surface area contributed by atoms with E-state index in [2.05, 4.69) is 70.5 Å². The zero-order valence-corrected chi connectivity index (χ0v) is 18.0. The van der Waals surface area contributed by atoms with Crippen LogP contribution in [-0.4, -0.2) is 49.8 Å². The quantitative estimate of drug-likeness (QED) is 0.580. The molecule has 29 heavy (non-hydrogen) atoms. The molecule has 2 heterocycles. The van der Waals surface area contributed by atoms with Crippen molar-refractivity contribution in [3.05, 3.63) is 53.7 Å². The van der Waals surface area contributed by atoms with Gasteiger partial charge in [0.2, 0.25) is 0 Å². The number of anilines is 1. The Balaban J connectivity index is 1.41. The van der Waals surface area contributed by atoms with Crippen molar-refractivity contribution < 1.29 is 4.74 Å². The van der Waals surface area contributed by atoms with Crippen molar-refractivity contribution in [1.29, 1.82) is 0 Å². The number of aryl methyl sites for hydroxylation is 2. The van der Waals surface area contributed by atoms with E-state index in [1.807, 2.05) is 25.4 Å². The van der Waals surface area contributed by atoms with Crippen LogP contribution in [0.2, 0.25) is 0 Å². The predicted octanol–water partition coefficient (Wildman–Crippen LogP) is 3.30. The highest BCUT2D eigenvalue weighted by molar-refractivity contribution is 5.80. The van der Waals surface area contributed by atoms with Crippen molar-refractivity contribution in [2.45, 2.75) is 45.8 Å². The van der Waals surface area contributed by atoms with Gasteiger partial charge in [0.15, 0.2) is 5.96 Å². The maximum Gasteiger partial charge on any atom is 0.191 e. The Bertz CT molecular complexity index is 797. The number of benzene rings is 1.